The minimum absolute atomic E-state index is 0.614. The van der Waals surface area contributed by atoms with E-state index in [9.17, 15) is 0 Å². The summed E-state index contributed by atoms with van der Waals surface area (Å²) in [6.45, 7) is 1.10. The van der Waals surface area contributed by atoms with Crippen LogP contribution in [0.3, 0.4) is 0 Å². The minimum Gasteiger partial charge on any atom is -0.493 e. The molecule has 0 radical (unpaired) electrons. The highest BCUT2D eigenvalue weighted by Crippen LogP contribution is 2.46. The lowest BCUT2D eigenvalue weighted by Crippen LogP contribution is -2.28. The fourth-order valence-electron chi connectivity index (χ4n) is 2.42. The normalized spacial score (nSPS) is 18.5. The van der Waals surface area contributed by atoms with Crippen LogP contribution >= 0.6 is 45.2 Å². The molecule has 18 heavy (non-hydrogen) atoms. The van der Waals surface area contributed by atoms with Crippen molar-refractivity contribution in [2.45, 2.75) is 12.3 Å². The van der Waals surface area contributed by atoms with E-state index in [0.29, 0.717) is 5.92 Å². The fourth-order valence-corrected chi connectivity index (χ4v) is 4.51. The predicted molar refractivity (Wildman–Crippen MR) is 91.8 cm³/mol. The molecule has 1 aromatic carbocycles. The number of fused-ring (bicyclic) bond motifs is 1. The number of halogens is 2. The van der Waals surface area contributed by atoms with Crippen LogP contribution in [0.5, 0.6) is 11.5 Å². The Balaban J connectivity index is 2.65. The molecule has 0 aromatic heterocycles. The average Bonchev–Trinajstić information content (AvgIpc) is 2.39. The maximum Gasteiger partial charge on any atom is 0.174 e. The molecule has 1 aliphatic rings. The van der Waals surface area contributed by atoms with E-state index in [1.54, 1.807) is 14.2 Å². The molecule has 5 heteroatoms. The van der Waals surface area contributed by atoms with Crippen molar-refractivity contribution >= 4 is 50.9 Å². The summed E-state index contributed by atoms with van der Waals surface area (Å²) >= 11 is 4.86. The number of anilines is 1. The molecule has 2 rings (SSSR count). The second kappa shape index (κ2) is 6.02. The molecule has 1 aliphatic heterocycles. The Kier molecular flexibility index (Phi) is 4.85. The molecular weight excluding hydrogens is 456 g/mol. The van der Waals surface area contributed by atoms with Crippen molar-refractivity contribution in [1.82, 2.24) is 0 Å². The Bertz CT molecular complexity index is 451. The molecule has 1 unspecified atom stereocenters. The first-order chi connectivity index (χ1) is 8.63. The first-order valence-electron chi connectivity index (χ1n) is 5.85. The molecular formula is C13H17I2NO2. The maximum absolute atomic E-state index is 5.51. The smallest absolute Gasteiger partial charge is 0.174 e. The molecule has 1 atom stereocenters. The molecule has 3 nitrogen and oxygen atoms in total. The lowest BCUT2D eigenvalue weighted by Gasteiger charge is -2.34. The summed E-state index contributed by atoms with van der Waals surface area (Å²) in [5, 5.41) is 0. The van der Waals surface area contributed by atoms with Gasteiger partial charge in [0.2, 0.25) is 0 Å². The molecule has 0 fully saturated rings. The van der Waals surface area contributed by atoms with Gasteiger partial charge in [-0.3, -0.25) is 0 Å². The van der Waals surface area contributed by atoms with Crippen molar-refractivity contribution < 1.29 is 9.47 Å². The number of benzene rings is 1. The van der Waals surface area contributed by atoms with Crippen LogP contribution in [-0.4, -0.2) is 32.2 Å². The van der Waals surface area contributed by atoms with Crippen LogP contribution in [0.4, 0.5) is 5.69 Å². The summed E-state index contributed by atoms with van der Waals surface area (Å²) in [6.07, 6.45) is 1.21. The van der Waals surface area contributed by atoms with E-state index in [1.165, 1.54) is 21.2 Å². The van der Waals surface area contributed by atoms with Gasteiger partial charge in [0.25, 0.3) is 0 Å². The van der Waals surface area contributed by atoms with Crippen molar-refractivity contribution in [2.24, 2.45) is 0 Å². The monoisotopic (exact) mass is 473 g/mol. The number of ether oxygens (including phenoxy) is 2. The van der Waals surface area contributed by atoms with Crippen LogP contribution in [-0.2, 0) is 0 Å². The van der Waals surface area contributed by atoms with Gasteiger partial charge in [-0.05, 0) is 40.5 Å². The molecule has 0 amide bonds. The summed E-state index contributed by atoms with van der Waals surface area (Å²) in [4.78, 5) is 2.31. The summed E-state index contributed by atoms with van der Waals surface area (Å²) in [7, 11) is 5.54. The highest BCUT2D eigenvalue weighted by Gasteiger charge is 2.28. The van der Waals surface area contributed by atoms with E-state index >= 15 is 0 Å². The third kappa shape index (κ3) is 2.39. The van der Waals surface area contributed by atoms with Crippen LogP contribution in [0, 0.1) is 3.57 Å². The lowest BCUT2D eigenvalue weighted by molar-refractivity contribution is 0.351. The summed E-state index contributed by atoms with van der Waals surface area (Å²) in [5.41, 5.74) is 2.70. The SMILES string of the molecule is COc1cc2c(c(I)c1OC)C(CI)CCN2C. The van der Waals surface area contributed by atoms with E-state index in [0.717, 1.165) is 22.5 Å². The van der Waals surface area contributed by atoms with Crippen molar-refractivity contribution in [2.75, 3.05) is 37.1 Å². The van der Waals surface area contributed by atoms with Gasteiger partial charge in [0.05, 0.1) is 17.8 Å². The topological polar surface area (TPSA) is 21.7 Å². The number of methoxy groups -OCH3 is 2. The van der Waals surface area contributed by atoms with Crippen molar-refractivity contribution in [3.8, 4) is 11.5 Å². The number of hydrogen-bond acceptors (Lipinski definition) is 3. The first-order valence-corrected chi connectivity index (χ1v) is 8.45. The van der Waals surface area contributed by atoms with Crippen molar-refractivity contribution in [1.29, 1.82) is 0 Å². The van der Waals surface area contributed by atoms with Crippen LogP contribution in [0.25, 0.3) is 0 Å². The van der Waals surface area contributed by atoms with Gasteiger partial charge < -0.3 is 14.4 Å². The Hall–Kier alpha value is 0.0800. The second-order valence-corrected chi connectivity index (χ2v) is 6.38. The van der Waals surface area contributed by atoms with E-state index in [-0.39, 0.29) is 0 Å². The van der Waals surface area contributed by atoms with E-state index in [1.807, 2.05) is 0 Å². The standard InChI is InChI=1S/C13H17I2NO2/c1-16-5-4-8(7-14)11-9(16)6-10(17-2)13(18-3)12(11)15/h6,8H,4-5,7H2,1-3H3. The van der Waals surface area contributed by atoms with Gasteiger partial charge in [0.1, 0.15) is 0 Å². The number of alkyl halides is 1. The van der Waals surface area contributed by atoms with Gasteiger partial charge in [-0.25, -0.2) is 0 Å². The molecule has 0 N–H and O–H groups in total. The minimum atomic E-state index is 0.614. The lowest BCUT2D eigenvalue weighted by atomic mass is 9.91. The van der Waals surface area contributed by atoms with Gasteiger partial charge >= 0.3 is 0 Å². The second-order valence-electron chi connectivity index (χ2n) is 4.42. The zero-order valence-corrected chi connectivity index (χ0v) is 15.1. The molecule has 0 spiro atoms. The zero-order valence-electron chi connectivity index (χ0n) is 10.8. The third-order valence-electron chi connectivity index (χ3n) is 3.45. The van der Waals surface area contributed by atoms with Gasteiger partial charge in [0, 0.05) is 29.8 Å². The largest absolute Gasteiger partial charge is 0.493 e. The third-order valence-corrected chi connectivity index (χ3v) is 5.58. The average molecular weight is 473 g/mol. The fraction of sp³-hybridized carbons (Fsp3) is 0.538. The Morgan fingerprint density at radius 2 is 2.11 bits per heavy atom. The first kappa shape index (κ1) is 14.5. The number of nitrogens with zero attached hydrogens (tertiary/aromatic N) is 1. The zero-order chi connectivity index (χ0) is 13.3. The van der Waals surface area contributed by atoms with Gasteiger partial charge in [-0.15, -0.1) is 0 Å². The van der Waals surface area contributed by atoms with Crippen molar-refractivity contribution in [3.05, 3.63) is 15.2 Å². The van der Waals surface area contributed by atoms with E-state index in [4.69, 9.17) is 9.47 Å². The van der Waals surface area contributed by atoms with Gasteiger partial charge in [-0.1, -0.05) is 22.6 Å². The van der Waals surface area contributed by atoms with Crippen LogP contribution < -0.4 is 14.4 Å². The Morgan fingerprint density at radius 1 is 1.39 bits per heavy atom. The summed E-state index contributed by atoms with van der Waals surface area (Å²) in [6, 6.07) is 2.11. The molecule has 0 bridgehead atoms. The Morgan fingerprint density at radius 3 is 2.67 bits per heavy atom. The highest BCUT2D eigenvalue weighted by molar-refractivity contribution is 14.1. The predicted octanol–water partition coefficient (Wildman–Crippen LogP) is 3.67. The van der Waals surface area contributed by atoms with Crippen LogP contribution in [0.1, 0.15) is 17.9 Å². The summed E-state index contributed by atoms with van der Waals surface area (Å²) in [5.74, 6) is 2.30. The molecule has 0 aliphatic carbocycles. The molecule has 0 saturated carbocycles. The quantitative estimate of drug-likeness (QED) is 0.495. The number of hydrogen-bond donors (Lipinski definition) is 0. The van der Waals surface area contributed by atoms with Crippen LogP contribution in [0.2, 0.25) is 0 Å². The van der Waals surface area contributed by atoms with E-state index < -0.39 is 0 Å². The highest BCUT2D eigenvalue weighted by atomic mass is 127. The van der Waals surface area contributed by atoms with E-state index in [2.05, 4.69) is 63.2 Å². The molecule has 100 valence electrons. The van der Waals surface area contributed by atoms with Crippen LogP contribution in [0.15, 0.2) is 6.07 Å². The maximum atomic E-state index is 5.51. The number of rotatable bonds is 3. The van der Waals surface area contributed by atoms with Gasteiger partial charge in [-0.2, -0.15) is 0 Å². The Labute approximate surface area is 135 Å². The summed E-state index contributed by atoms with van der Waals surface area (Å²) < 4.78 is 13.3. The molecule has 1 aromatic rings. The molecule has 1 heterocycles. The van der Waals surface area contributed by atoms with Crippen molar-refractivity contribution in [3.63, 3.8) is 0 Å². The van der Waals surface area contributed by atoms with Gasteiger partial charge in [0.15, 0.2) is 11.5 Å². The molecule has 0 saturated heterocycles.